The van der Waals surface area contributed by atoms with Crippen LogP contribution in [0.15, 0.2) is 48.5 Å². The third-order valence-corrected chi connectivity index (χ3v) is 5.70. The smallest absolute Gasteiger partial charge is 0.167 e. The Kier molecular flexibility index (Phi) is 4.65. The molecule has 1 aliphatic rings. The minimum atomic E-state index is 0.187. The van der Waals surface area contributed by atoms with Gasteiger partial charge in [0.1, 0.15) is 0 Å². The summed E-state index contributed by atoms with van der Waals surface area (Å²) in [5.74, 6) is 0.882. The number of halogens is 1. The Morgan fingerprint density at radius 1 is 1.04 bits per heavy atom. The van der Waals surface area contributed by atoms with Gasteiger partial charge in [-0.25, -0.2) is 4.68 Å². The number of rotatable bonds is 3. The van der Waals surface area contributed by atoms with Gasteiger partial charge < -0.3 is 0 Å². The van der Waals surface area contributed by atoms with Crippen LogP contribution >= 0.6 is 11.6 Å². The summed E-state index contributed by atoms with van der Waals surface area (Å²) in [5, 5.41) is 5.35. The maximum atomic E-state index is 12.9. The van der Waals surface area contributed by atoms with Crippen molar-refractivity contribution in [3.8, 4) is 5.69 Å². The van der Waals surface area contributed by atoms with Crippen LogP contribution in [0, 0.1) is 6.92 Å². The highest BCUT2D eigenvalue weighted by Crippen LogP contribution is 2.35. The molecule has 3 aromatic rings. The van der Waals surface area contributed by atoms with E-state index in [1.54, 1.807) is 0 Å². The Morgan fingerprint density at radius 3 is 2.33 bits per heavy atom. The summed E-state index contributed by atoms with van der Waals surface area (Å²) in [7, 11) is 0. The summed E-state index contributed by atoms with van der Waals surface area (Å²) in [4.78, 5) is 12.9. The average molecular weight is 379 g/mol. The molecule has 1 heterocycles. The summed E-state index contributed by atoms with van der Waals surface area (Å²) < 4.78 is 1.91. The van der Waals surface area contributed by atoms with Gasteiger partial charge in [-0.2, -0.15) is 5.10 Å². The van der Waals surface area contributed by atoms with Crippen molar-refractivity contribution in [1.82, 2.24) is 9.78 Å². The fourth-order valence-corrected chi connectivity index (χ4v) is 4.07. The van der Waals surface area contributed by atoms with Crippen molar-refractivity contribution in [2.45, 2.75) is 45.4 Å². The molecule has 0 fully saturated rings. The van der Waals surface area contributed by atoms with Gasteiger partial charge in [0.2, 0.25) is 0 Å². The predicted octanol–water partition coefficient (Wildman–Crippen LogP) is 5.87. The summed E-state index contributed by atoms with van der Waals surface area (Å²) >= 11 is 6.03. The molecule has 0 saturated heterocycles. The van der Waals surface area contributed by atoms with E-state index in [0.717, 1.165) is 29.1 Å². The highest BCUT2D eigenvalue weighted by atomic mass is 35.5. The van der Waals surface area contributed by atoms with Crippen molar-refractivity contribution >= 4 is 17.4 Å². The van der Waals surface area contributed by atoms with E-state index < -0.39 is 0 Å². The van der Waals surface area contributed by atoms with Crippen molar-refractivity contribution in [3.05, 3.63) is 81.6 Å². The minimum absolute atomic E-state index is 0.187. The van der Waals surface area contributed by atoms with Gasteiger partial charge in [0.25, 0.3) is 0 Å². The number of fused-ring (bicyclic) bond motifs is 1. The highest BCUT2D eigenvalue weighted by molar-refractivity contribution is 6.30. The number of aromatic nitrogens is 2. The number of Topliss-reactive ketones (excluding diaryl/α,β-unsaturated/α-hetero) is 1. The molecule has 27 heavy (non-hydrogen) atoms. The Bertz CT molecular complexity index is 984. The van der Waals surface area contributed by atoms with E-state index >= 15 is 0 Å². The summed E-state index contributed by atoms with van der Waals surface area (Å²) in [6.45, 7) is 6.30. The molecule has 0 radical (unpaired) electrons. The molecule has 0 N–H and O–H groups in total. The fourth-order valence-electron chi connectivity index (χ4n) is 3.94. The van der Waals surface area contributed by atoms with Gasteiger partial charge in [0.15, 0.2) is 5.78 Å². The Labute approximate surface area is 165 Å². The number of carbonyl (C=O) groups excluding carboxylic acids is 1. The Balaban J connectivity index is 1.72. The molecule has 0 saturated carbocycles. The molecule has 138 valence electrons. The topological polar surface area (TPSA) is 34.9 Å². The second kappa shape index (κ2) is 6.97. The van der Waals surface area contributed by atoms with Gasteiger partial charge in [0.05, 0.1) is 22.6 Å². The van der Waals surface area contributed by atoms with Crippen LogP contribution in [0.3, 0.4) is 0 Å². The van der Waals surface area contributed by atoms with Crippen LogP contribution in [0.4, 0.5) is 0 Å². The average Bonchev–Trinajstić information content (AvgIpc) is 2.99. The third-order valence-electron chi connectivity index (χ3n) is 5.45. The SMILES string of the molecule is Cc1nn(-c2ccc(Cl)cc2)c2c1C(=O)C[C@@H](c1ccc(C(C)C)cc1)C2. The lowest BCUT2D eigenvalue weighted by Crippen LogP contribution is -2.20. The van der Waals surface area contributed by atoms with Crippen molar-refractivity contribution in [2.75, 3.05) is 0 Å². The van der Waals surface area contributed by atoms with E-state index in [0.29, 0.717) is 17.4 Å². The normalized spacial score (nSPS) is 16.6. The van der Waals surface area contributed by atoms with Crippen molar-refractivity contribution in [3.63, 3.8) is 0 Å². The summed E-state index contributed by atoms with van der Waals surface area (Å²) in [5.41, 5.74) is 6.08. The van der Waals surface area contributed by atoms with Gasteiger partial charge >= 0.3 is 0 Å². The van der Waals surface area contributed by atoms with Crippen LogP contribution in [-0.2, 0) is 6.42 Å². The van der Waals surface area contributed by atoms with Gasteiger partial charge in [-0.05, 0) is 60.6 Å². The molecular weight excluding hydrogens is 356 g/mol. The number of ketones is 1. The van der Waals surface area contributed by atoms with Crippen LogP contribution in [0.2, 0.25) is 5.02 Å². The Morgan fingerprint density at radius 2 is 1.70 bits per heavy atom. The van der Waals surface area contributed by atoms with E-state index in [9.17, 15) is 4.79 Å². The second-order valence-electron chi connectivity index (χ2n) is 7.65. The van der Waals surface area contributed by atoms with Crippen molar-refractivity contribution in [1.29, 1.82) is 0 Å². The quantitative estimate of drug-likeness (QED) is 0.571. The number of nitrogens with zero attached hydrogens (tertiary/aromatic N) is 2. The van der Waals surface area contributed by atoms with Crippen LogP contribution < -0.4 is 0 Å². The zero-order valence-corrected chi connectivity index (χ0v) is 16.6. The minimum Gasteiger partial charge on any atom is -0.294 e. The van der Waals surface area contributed by atoms with Crippen molar-refractivity contribution in [2.24, 2.45) is 0 Å². The first-order chi connectivity index (χ1) is 12.9. The first-order valence-electron chi connectivity index (χ1n) is 9.41. The molecule has 1 aromatic heterocycles. The third kappa shape index (κ3) is 3.32. The zero-order valence-electron chi connectivity index (χ0n) is 15.9. The number of aryl methyl sites for hydroxylation is 1. The van der Waals surface area contributed by atoms with Gasteiger partial charge in [0, 0.05) is 11.4 Å². The first kappa shape index (κ1) is 18.0. The molecule has 0 spiro atoms. The fraction of sp³-hybridized carbons (Fsp3) is 0.304. The molecule has 0 aliphatic heterocycles. The molecule has 0 amide bonds. The first-order valence-corrected chi connectivity index (χ1v) is 9.79. The largest absolute Gasteiger partial charge is 0.294 e. The van der Waals surface area contributed by atoms with Crippen LogP contribution in [0.1, 0.15) is 65.0 Å². The molecule has 1 aliphatic carbocycles. The number of carbonyl (C=O) groups is 1. The number of hydrogen-bond acceptors (Lipinski definition) is 2. The van der Waals surface area contributed by atoms with E-state index in [2.05, 4.69) is 43.2 Å². The van der Waals surface area contributed by atoms with Crippen LogP contribution in [0.25, 0.3) is 5.69 Å². The number of benzene rings is 2. The summed E-state index contributed by atoms with van der Waals surface area (Å²) in [6, 6.07) is 16.3. The maximum absolute atomic E-state index is 12.9. The molecular formula is C23H23ClN2O. The van der Waals surface area contributed by atoms with E-state index in [4.69, 9.17) is 11.6 Å². The lowest BCUT2D eigenvalue weighted by molar-refractivity contribution is 0.0963. The van der Waals surface area contributed by atoms with Crippen molar-refractivity contribution < 1.29 is 4.79 Å². The zero-order chi connectivity index (χ0) is 19.1. The van der Waals surface area contributed by atoms with Gasteiger partial charge in [-0.15, -0.1) is 0 Å². The van der Waals surface area contributed by atoms with E-state index in [1.165, 1.54) is 11.1 Å². The number of hydrogen-bond donors (Lipinski definition) is 0. The van der Waals surface area contributed by atoms with Crippen LogP contribution in [-0.4, -0.2) is 15.6 Å². The lowest BCUT2D eigenvalue weighted by atomic mass is 9.81. The lowest BCUT2D eigenvalue weighted by Gasteiger charge is -2.23. The molecule has 0 unspecified atom stereocenters. The van der Waals surface area contributed by atoms with Gasteiger partial charge in [-0.3, -0.25) is 4.79 Å². The van der Waals surface area contributed by atoms with E-state index in [-0.39, 0.29) is 11.7 Å². The predicted molar refractivity (Wildman–Crippen MR) is 109 cm³/mol. The molecule has 2 aromatic carbocycles. The maximum Gasteiger partial charge on any atom is 0.167 e. The summed E-state index contributed by atoms with van der Waals surface area (Å²) in [6.07, 6.45) is 1.35. The molecule has 4 rings (SSSR count). The van der Waals surface area contributed by atoms with Gasteiger partial charge in [-0.1, -0.05) is 49.7 Å². The Hall–Kier alpha value is -2.39. The molecule has 0 bridgehead atoms. The monoisotopic (exact) mass is 378 g/mol. The molecule has 4 heteroatoms. The highest BCUT2D eigenvalue weighted by Gasteiger charge is 2.32. The second-order valence-corrected chi connectivity index (χ2v) is 8.08. The standard InChI is InChI=1S/C23H23ClN2O/c1-14(2)16-4-6-17(7-5-16)18-12-21-23(22(27)13-18)15(3)25-26(21)20-10-8-19(24)9-11-20/h4-11,14,18H,12-13H2,1-3H3/t18-/m0/s1. The molecule has 1 atom stereocenters. The van der Waals surface area contributed by atoms with E-state index in [1.807, 2.05) is 35.9 Å². The molecule has 3 nitrogen and oxygen atoms in total. The van der Waals surface area contributed by atoms with Crippen LogP contribution in [0.5, 0.6) is 0 Å².